The molecule has 5 rings (SSSR count). The molecule has 1 saturated heterocycles. The summed E-state index contributed by atoms with van der Waals surface area (Å²) in [7, 11) is 0. The Balaban J connectivity index is 1.23. The largest absolute Gasteiger partial charge is 0.478 e. The maximum absolute atomic E-state index is 13.0. The van der Waals surface area contributed by atoms with Gasteiger partial charge in [0.05, 0.1) is 17.8 Å². The molecule has 1 N–H and O–H groups in total. The summed E-state index contributed by atoms with van der Waals surface area (Å²) in [5, 5.41) is 15.7. The monoisotopic (exact) mass is 389 g/mol. The molecule has 2 atom stereocenters. The van der Waals surface area contributed by atoms with Crippen molar-refractivity contribution in [2.24, 2.45) is 5.92 Å². The van der Waals surface area contributed by atoms with Gasteiger partial charge in [0.25, 0.3) is 0 Å². The van der Waals surface area contributed by atoms with Crippen molar-refractivity contribution in [3.63, 3.8) is 0 Å². The first-order valence-electron chi connectivity index (χ1n) is 10.2. The lowest BCUT2D eigenvalue weighted by Crippen LogP contribution is -2.40. The fraction of sp³-hybridized carbons (Fsp3) is 0.348. The molecule has 1 saturated carbocycles. The van der Waals surface area contributed by atoms with Crippen LogP contribution in [0.1, 0.15) is 47.1 Å². The van der Waals surface area contributed by atoms with Gasteiger partial charge in [-0.05, 0) is 41.5 Å². The molecule has 1 aliphatic heterocycles. The van der Waals surface area contributed by atoms with Crippen LogP contribution < -0.4 is 0 Å². The van der Waals surface area contributed by atoms with Gasteiger partial charge < -0.3 is 10.0 Å². The first-order valence-corrected chi connectivity index (χ1v) is 10.2. The summed E-state index contributed by atoms with van der Waals surface area (Å²) in [6.07, 6.45) is 5.50. The van der Waals surface area contributed by atoms with Crippen molar-refractivity contribution < 1.29 is 14.7 Å². The number of fused-ring (bicyclic) bond motifs is 1. The summed E-state index contributed by atoms with van der Waals surface area (Å²) in [5.74, 6) is -0.304. The van der Waals surface area contributed by atoms with E-state index in [4.69, 9.17) is 5.11 Å². The molecular formula is C23H23N3O3. The van der Waals surface area contributed by atoms with Crippen LogP contribution in [0.2, 0.25) is 0 Å². The lowest BCUT2D eigenvalue weighted by atomic mass is 9.99. The van der Waals surface area contributed by atoms with Crippen molar-refractivity contribution in [3.05, 3.63) is 66.0 Å². The number of carbonyl (C=O) groups is 2. The molecule has 1 aliphatic carbocycles. The fourth-order valence-corrected chi connectivity index (χ4v) is 4.62. The Bertz CT molecular complexity index is 1080. The molecule has 1 amide bonds. The normalized spacial score (nSPS) is 22.0. The highest BCUT2D eigenvalue weighted by Crippen LogP contribution is 2.50. The molecule has 29 heavy (non-hydrogen) atoms. The molecule has 148 valence electrons. The first-order chi connectivity index (χ1) is 14.1. The zero-order valence-corrected chi connectivity index (χ0v) is 16.1. The molecule has 2 heterocycles. The molecule has 2 fully saturated rings. The van der Waals surface area contributed by atoms with Crippen molar-refractivity contribution in [1.29, 1.82) is 0 Å². The molecule has 0 bridgehead atoms. The number of carboxylic acids is 1. The number of amides is 1. The number of nitrogens with zero attached hydrogens (tertiary/aromatic N) is 3. The summed E-state index contributed by atoms with van der Waals surface area (Å²) in [6.45, 7) is 1.40. The Hall–Kier alpha value is -3.15. The third-order valence-corrected chi connectivity index (χ3v) is 6.33. The highest BCUT2D eigenvalue weighted by Gasteiger charge is 2.46. The minimum absolute atomic E-state index is 0.0840. The average Bonchev–Trinajstić information content (AvgIpc) is 3.39. The number of hydrogen-bond acceptors (Lipinski definition) is 3. The van der Waals surface area contributed by atoms with Crippen LogP contribution in [0.4, 0.5) is 0 Å². The number of likely N-dealkylation sites (tertiary alicyclic amines) is 1. The predicted molar refractivity (Wildman–Crippen MR) is 109 cm³/mol. The van der Waals surface area contributed by atoms with E-state index >= 15 is 0 Å². The molecule has 0 radical (unpaired) electrons. The van der Waals surface area contributed by atoms with Gasteiger partial charge in [-0.25, -0.2) is 4.79 Å². The molecule has 0 spiro atoms. The van der Waals surface area contributed by atoms with Gasteiger partial charge in [-0.1, -0.05) is 42.5 Å². The quantitative estimate of drug-likeness (QED) is 0.738. The predicted octanol–water partition coefficient (Wildman–Crippen LogP) is 3.70. The van der Waals surface area contributed by atoms with E-state index in [1.807, 2.05) is 11.0 Å². The van der Waals surface area contributed by atoms with Gasteiger partial charge >= 0.3 is 5.97 Å². The van der Waals surface area contributed by atoms with Crippen molar-refractivity contribution >= 4 is 22.6 Å². The van der Waals surface area contributed by atoms with Crippen LogP contribution in [-0.4, -0.2) is 44.8 Å². The Labute approximate surface area is 168 Å². The summed E-state index contributed by atoms with van der Waals surface area (Å²) >= 11 is 0. The van der Waals surface area contributed by atoms with Crippen molar-refractivity contribution in [3.8, 4) is 0 Å². The van der Waals surface area contributed by atoms with Crippen molar-refractivity contribution in [1.82, 2.24) is 14.7 Å². The van der Waals surface area contributed by atoms with Gasteiger partial charge in [0.15, 0.2) is 0 Å². The van der Waals surface area contributed by atoms with E-state index in [-0.39, 0.29) is 23.4 Å². The third-order valence-electron chi connectivity index (χ3n) is 6.33. The minimum Gasteiger partial charge on any atom is -0.478 e. The summed E-state index contributed by atoms with van der Waals surface area (Å²) in [6, 6.07) is 14.9. The standard InChI is InChI=1S/C23H23N3O3/c27-22(21-12-20(21)19-7-3-5-15-4-1-2-6-18(15)19)25-10-8-17(9-11-25)26-14-16(13-24-26)23(28)29/h1-7,13-14,17,20-21H,8-12H2,(H,28,29). The van der Waals surface area contributed by atoms with Gasteiger partial charge in [0.1, 0.15) is 0 Å². The Morgan fingerprint density at radius 3 is 2.55 bits per heavy atom. The second-order valence-electron chi connectivity index (χ2n) is 8.09. The van der Waals surface area contributed by atoms with Gasteiger partial charge in [-0.15, -0.1) is 0 Å². The minimum atomic E-state index is -0.961. The van der Waals surface area contributed by atoms with Crippen LogP contribution in [0, 0.1) is 5.92 Å². The van der Waals surface area contributed by atoms with Crippen LogP contribution in [-0.2, 0) is 4.79 Å². The van der Waals surface area contributed by atoms with Gasteiger partial charge in [0, 0.05) is 25.2 Å². The fourth-order valence-electron chi connectivity index (χ4n) is 4.62. The number of benzene rings is 2. The van der Waals surface area contributed by atoms with Gasteiger partial charge in [0.2, 0.25) is 5.91 Å². The molecule has 3 aromatic rings. The molecule has 2 aromatic carbocycles. The molecule has 2 aliphatic rings. The molecular weight excluding hydrogens is 366 g/mol. The molecule has 1 aromatic heterocycles. The maximum Gasteiger partial charge on any atom is 0.338 e. The summed E-state index contributed by atoms with van der Waals surface area (Å²) in [4.78, 5) is 26.1. The smallest absolute Gasteiger partial charge is 0.338 e. The molecule has 6 heteroatoms. The second-order valence-corrected chi connectivity index (χ2v) is 8.09. The number of rotatable bonds is 4. The van der Waals surface area contributed by atoms with E-state index in [0.717, 1.165) is 19.3 Å². The van der Waals surface area contributed by atoms with Crippen molar-refractivity contribution in [2.45, 2.75) is 31.2 Å². The highest BCUT2D eigenvalue weighted by atomic mass is 16.4. The summed E-state index contributed by atoms with van der Waals surface area (Å²) < 4.78 is 1.74. The molecule has 2 unspecified atom stereocenters. The van der Waals surface area contributed by atoms with Crippen LogP contribution in [0.3, 0.4) is 0 Å². The van der Waals surface area contributed by atoms with E-state index < -0.39 is 5.97 Å². The molecule has 6 nitrogen and oxygen atoms in total. The number of aromatic carboxylic acids is 1. The van der Waals surface area contributed by atoms with Crippen LogP contribution >= 0.6 is 0 Å². The van der Waals surface area contributed by atoms with E-state index in [2.05, 4.69) is 41.5 Å². The van der Waals surface area contributed by atoms with E-state index in [1.165, 1.54) is 22.5 Å². The number of aromatic nitrogens is 2. The third kappa shape index (κ3) is 3.28. The Morgan fingerprint density at radius 2 is 1.79 bits per heavy atom. The second kappa shape index (κ2) is 7.03. The summed E-state index contributed by atoms with van der Waals surface area (Å²) in [5.41, 5.74) is 1.49. The lowest BCUT2D eigenvalue weighted by Gasteiger charge is -2.32. The maximum atomic E-state index is 13.0. The van der Waals surface area contributed by atoms with Crippen LogP contribution in [0.15, 0.2) is 54.9 Å². The highest BCUT2D eigenvalue weighted by molar-refractivity contribution is 5.89. The zero-order valence-electron chi connectivity index (χ0n) is 16.1. The van der Waals surface area contributed by atoms with Crippen LogP contribution in [0.25, 0.3) is 10.8 Å². The number of hydrogen-bond donors (Lipinski definition) is 1. The van der Waals surface area contributed by atoms with Gasteiger partial charge in [-0.3, -0.25) is 9.48 Å². The Kier molecular flexibility index (Phi) is 4.34. The topological polar surface area (TPSA) is 75.4 Å². The van der Waals surface area contributed by atoms with E-state index in [1.54, 1.807) is 10.9 Å². The van der Waals surface area contributed by atoms with E-state index in [9.17, 15) is 9.59 Å². The SMILES string of the molecule is O=C(O)c1cnn(C2CCN(C(=O)C3CC3c3cccc4ccccc34)CC2)c1. The number of carboxylic acid groups (broad SMARTS) is 1. The zero-order chi connectivity index (χ0) is 20.0. The lowest BCUT2D eigenvalue weighted by molar-refractivity contribution is -0.134. The number of carbonyl (C=O) groups excluding carboxylic acids is 1. The van der Waals surface area contributed by atoms with Crippen molar-refractivity contribution in [2.75, 3.05) is 13.1 Å². The number of piperidine rings is 1. The average molecular weight is 389 g/mol. The van der Waals surface area contributed by atoms with Gasteiger partial charge in [-0.2, -0.15) is 5.10 Å². The van der Waals surface area contributed by atoms with E-state index in [0.29, 0.717) is 19.0 Å². The van der Waals surface area contributed by atoms with Crippen LogP contribution in [0.5, 0.6) is 0 Å². The first kappa shape index (κ1) is 17.9. The Morgan fingerprint density at radius 1 is 1.03 bits per heavy atom.